The second kappa shape index (κ2) is 6.68. The molecule has 1 aromatic carbocycles. The number of ether oxygens (including phenoxy) is 1. The Kier molecular flexibility index (Phi) is 4.74. The van der Waals surface area contributed by atoms with Crippen LogP contribution in [0.5, 0.6) is 5.75 Å². The lowest BCUT2D eigenvalue weighted by Crippen LogP contribution is -2.34. The summed E-state index contributed by atoms with van der Waals surface area (Å²) in [6.45, 7) is 0.735. The van der Waals surface area contributed by atoms with Gasteiger partial charge in [0.15, 0.2) is 0 Å². The van der Waals surface area contributed by atoms with Crippen LogP contribution in [-0.4, -0.2) is 30.9 Å². The number of hydrogen-bond acceptors (Lipinski definition) is 4. The fourth-order valence-electron chi connectivity index (χ4n) is 2.79. The zero-order chi connectivity index (χ0) is 18.1. The maximum absolute atomic E-state index is 12.5. The number of alkyl halides is 3. The van der Waals surface area contributed by atoms with Crippen LogP contribution in [0.4, 0.5) is 13.2 Å². The maximum Gasteiger partial charge on any atom is 0.573 e. The van der Waals surface area contributed by atoms with Crippen LogP contribution in [-0.2, 0) is 23.0 Å². The average molecular weight is 375 g/mol. The Morgan fingerprint density at radius 3 is 2.84 bits per heavy atom. The molecule has 1 aromatic heterocycles. The van der Waals surface area contributed by atoms with Gasteiger partial charge in [-0.25, -0.2) is 18.1 Å². The minimum Gasteiger partial charge on any atom is -0.404 e. The van der Waals surface area contributed by atoms with E-state index in [4.69, 9.17) is 0 Å². The molecular formula is C15H16F3N3O3S. The molecule has 0 fully saturated rings. The van der Waals surface area contributed by atoms with E-state index in [-0.39, 0.29) is 12.5 Å². The van der Waals surface area contributed by atoms with Gasteiger partial charge >= 0.3 is 6.36 Å². The number of aromatic nitrogens is 2. The van der Waals surface area contributed by atoms with Crippen molar-refractivity contribution in [2.45, 2.75) is 30.6 Å². The second-order valence-electron chi connectivity index (χ2n) is 5.75. The molecule has 136 valence electrons. The first-order valence-electron chi connectivity index (χ1n) is 7.59. The maximum atomic E-state index is 12.5. The van der Waals surface area contributed by atoms with Gasteiger partial charge in [0.2, 0.25) is 10.0 Å². The lowest BCUT2D eigenvalue weighted by molar-refractivity contribution is -0.275. The van der Waals surface area contributed by atoms with Gasteiger partial charge in [0.25, 0.3) is 0 Å². The molecule has 1 atom stereocenters. The molecule has 0 aliphatic carbocycles. The van der Waals surface area contributed by atoms with Gasteiger partial charge in [-0.05, 0) is 24.5 Å². The Morgan fingerprint density at radius 2 is 2.08 bits per heavy atom. The fraction of sp³-hybridized carbons (Fsp3) is 0.400. The SMILES string of the molecule is O=S(=O)(NC[C@@H]1CCc2nccn2C1)c1ccccc1OC(F)(F)F. The number of nitrogens with zero attached hydrogens (tertiary/aromatic N) is 2. The van der Waals surface area contributed by atoms with E-state index in [0.717, 1.165) is 30.8 Å². The largest absolute Gasteiger partial charge is 0.573 e. The lowest BCUT2D eigenvalue weighted by atomic mass is 10.00. The van der Waals surface area contributed by atoms with Gasteiger partial charge in [-0.1, -0.05) is 12.1 Å². The van der Waals surface area contributed by atoms with Crippen LogP contribution >= 0.6 is 0 Å². The van der Waals surface area contributed by atoms with Crippen LogP contribution in [0.3, 0.4) is 0 Å². The Balaban J connectivity index is 1.71. The molecule has 6 nitrogen and oxygen atoms in total. The molecule has 0 saturated heterocycles. The highest BCUT2D eigenvalue weighted by atomic mass is 32.2. The van der Waals surface area contributed by atoms with Gasteiger partial charge in [0.1, 0.15) is 16.5 Å². The lowest BCUT2D eigenvalue weighted by Gasteiger charge is -2.24. The molecule has 25 heavy (non-hydrogen) atoms. The highest BCUT2D eigenvalue weighted by molar-refractivity contribution is 7.89. The monoisotopic (exact) mass is 375 g/mol. The van der Waals surface area contributed by atoms with Crippen LogP contribution in [0.1, 0.15) is 12.2 Å². The van der Waals surface area contributed by atoms with Crippen molar-refractivity contribution in [3.63, 3.8) is 0 Å². The van der Waals surface area contributed by atoms with Crippen LogP contribution in [0.15, 0.2) is 41.6 Å². The highest BCUT2D eigenvalue weighted by Gasteiger charge is 2.34. The summed E-state index contributed by atoms with van der Waals surface area (Å²) in [4.78, 5) is 3.66. The van der Waals surface area contributed by atoms with E-state index in [0.29, 0.717) is 6.54 Å². The van der Waals surface area contributed by atoms with Crippen molar-refractivity contribution < 1.29 is 26.3 Å². The summed E-state index contributed by atoms with van der Waals surface area (Å²) in [5, 5.41) is 0. The van der Waals surface area contributed by atoms with Gasteiger partial charge in [0, 0.05) is 31.9 Å². The minimum absolute atomic E-state index is 0.0344. The normalized spacial score (nSPS) is 18.0. The Hall–Kier alpha value is -2.07. The molecule has 1 aliphatic rings. The predicted octanol–water partition coefficient (Wildman–Crippen LogP) is 2.32. The summed E-state index contributed by atoms with van der Waals surface area (Å²) in [6.07, 6.45) is 0.0231. The van der Waals surface area contributed by atoms with Gasteiger partial charge in [0.05, 0.1) is 0 Å². The van der Waals surface area contributed by atoms with Crippen molar-refractivity contribution in [1.82, 2.24) is 14.3 Å². The number of hydrogen-bond donors (Lipinski definition) is 1. The molecule has 2 heterocycles. The zero-order valence-electron chi connectivity index (χ0n) is 13.0. The molecule has 0 amide bonds. The number of benzene rings is 1. The molecule has 0 bridgehead atoms. The van der Waals surface area contributed by atoms with Crippen LogP contribution in [0, 0.1) is 5.92 Å². The molecule has 3 rings (SSSR count). The summed E-state index contributed by atoms with van der Waals surface area (Å²) in [7, 11) is -4.13. The zero-order valence-corrected chi connectivity index (χ0v) is 13.8. The fourth-order valence-corrected chi connectivity index (χ4v) is 4.03. The summed E-state index contributed by atoms with van der Waals surface area (Å²) in [5.74, 6) is 0.234. The number of aryl methyl sites for hydroxylation is 1. The topological polar surface area (TPSA) is 73.2 Å². The van der Waals surface area contributed by atoms with Crippen LogP contribution < -0.4 is 9.46 Å². The van der Waals surface area contributed by atoms with Crippen molar-refractivity contribution in [1.29, 1.82) is 0 Å². The highest BCUT2D eigenvalue weighted by Crippen LogP contribution is 2.29. The van der Waals surface area contributed by atoms with Gasteiger partial charge < -0.3 is 9.30 Å². The van der Waals surface area contributed by atoms with Gasteiger partial charge in [-0.3, -0.25) is 0 Å². The number of halogens is 3. The Labute approximate surface area is 142 Å². The third kappa shape index (κ3) is 4.31. The number of fused-ring (bicyclic) bond motifs is 1. The van der Waals surface area contributed by atoms with E-state index in [2.05, 4.69) is 14.4 Å². The molecule has 1 N–H and O–H groups in total. The number of imidazole rings is 1. The standard InChI is InChI=1S/C15H16F3N3O3S/c16-15(17,18)24-12-3-1-2-4-13(12)25(22,23)20-9-11-5-6-14-19-7-8-21(14)10-11/h1-4,7-8,11,20H,5-6,9-10H2/t11-/m0/s1. The first-order chi connectivity index (χ1) is 11.7. The van der Waals surface area contributed by atoms with Gasteiger partial charge in [-0.2, -0.15) is 0 Å². The quantitative estimate of drug-likeness (QED) is 0.871. The van der Waals surface area contributed by atoms with E-state index in [1.165, 1.54) is 12.1 Å². The molecular weight excluding hydrogens is 359 g/mol. The summed E-state index contributed by atoms with van der Waals surface area (Å²) in [6, 6.07) is 4.68. The molecule has 0 unspecified atom stereocenters. The molecule has 0 spiro atoms. The van der Waals surface area contributed by atoms with Crippen molar-refractivity contribution >= 4 is 10.0 Å². The van der Waals surface area contributed by atoms with Crippen molar-refractivity contribution in [3.8, 4) is 5.75 Å². The van der Waals surface area contributed by atoms with E-state index in [1.807, 2.05) is 10.8 Å². The number of para-hydroxylation sites is 1. The summed E-state index contributed by atoms with van der Waals surface area (Å²) in [5.41, 5.74) is 0. The summed E-state index contributed by atoms with van der Waals surface area (Å²) < 4.78 is 70.3. The first kappa shape index (κ1) is 17.7. The van der Waals surface area contributed by atoms with E-state index in [1.54, 1.807) is 6.20 Å². The molecule has 2 aromatic rings. The van der Waals surface area contributed by atoms with E-state index < -0.39 is 27.0 Å². The third-order valence-corrected chi connectivity index (χ3v) is 5.42. The Bertz CT molecular complexity index is 849. The molecule has 1 aliphatic heterocycles. The van der Waals surface area contributed by atoms with Crippen molar-refractivity contribution in [2.75, 3.05) is 6.54 Å². The smallest absolute Gasteiger partial charge is 0.404 e. The average Bonchev–Trinajstić information content (AvgIpc) is 2.99. The van der Waals surface area contributed by atoms with Crippen LogP contribution in [0.25, 0.3) is 0 Å². The second-order valence-corrected chi connectivity index (χ2v) is 7.48. The third-order valence-electron chi connectivity index (χ3n) is 3.96. The van der Waals surface area contributed by atoms with Crippen LogP contribution in [0.2, 0.25) is 0 Å². The van der Waals surface area contributed by atoms with E-state index >= 15 is 0 Å². The molecule has 10 heteroatoms. The first-order valence-corrected chi connectivity index (χ1v) is 9.07. The number of nitrogens with one attached hydrogen (secondary N) is 1. The van der Waals surface area contributed by atoms with Crippen molar-refractivity contribution in [2.24, 2.45) is 5.92 Å². The van der Waals surface area contributed by atoms with E-state index in [9.17, 15) is 21.6 Å². The number of rotatable bonds is 5. The Morgan fingerprint density at radius 1 is 1.32 bits per heavy atom. The van der Waals surface area contributed by atoms with Gasteiger partial charge in [-0.15, -0.1) is 13.2 Å². The summed E-state index contributed by atoms with van der Waals surface area (Å²) >= 11 is 0. The predicted molar refractivity (Wildman–Crippen MR) is 82.4 cm³/mol. The number of sulfonamides is 1. The molecule has 0 radical (unpaired) electrons. The molecule has 0 saturated carbocycles. The van der Waals surface area contributed by atoms with Crippen molar-refractivity contribution in [3.05, 3.63) is 42.5 Å². The minimum atomic E-state index is -4.97.